The van der Waals surface area contributed by atoms with Crippen LogP contribution in [0, 0.1) is 113 Å². The van der Waals surface area contributed by atoms with E-state index in [1.807, 2.05) is 4.01 Å². The van der Waals surface area contributed by atoms with Crippen molar-refractivity contribution in [1.82, 2.24) is 20.3 Å². The summed E-state index contributed by atoms with van der Waals surface area (Å²) in [5.41, 5.74) is 0.479. The van der Waals surface area contributed by atoms with Crippen molar-refractivity contribution in [3.63, 3.8) is 0 Å². The number of aromatic nitrogens is 3. The van der Waals surface area contributed by atoms with E-state index in [2.05, 4.69) is 68.7 Å². The van der Waals surface area contributed by atoms with E-state index in [0.717, 1.165) is 4.90 Å². The summed E-state index contributed by atoms with van der Waals surface area (Å²) in [4.78, 5) is 53.8. The molecule has 0 aromatic carbocycles. The number of aldehydes is 1. The molecule has 1 aliphatic heterocycles. The van der Waals surface area contributed by atoms with Crippen LogP contribution >= 0.6 is 20.7 Å². The molecule has 0 bridgehead atoms. The molecule has 0 fully saturated rings. The fourth-order valence-electron chi connectivity index (χ4n) is 3.09. The van der Waals surface area contributed by atoms with Gasteiger partial charge in [-0.15, -0.1) is 0 Å². The third kappa shape index (κ3) is 18.7. The molecule has 1 aliphatic rings. The maximum Gasteiger partial charge on any atom is 2.00 e. The average Bonchev–Trinajstić information content (AvgIpc) is 3.04. The number of aliphatic imine (C=N–C) groups is 1. The third-order valence-corrected chi connectivity index (χ3v) is 6.37. The van der Waals surface area contributed by atoms with Crippen LogP contribution in [0.15, 0.2) is 53.4 Å². The number of hydrogen-bond acceptors (Lipinski definition) is 9. The zero-order valence-corrected chi connectivity index (χ0v) is 44.9. The van der Waals surface area contributed by atoms with Crippen LogP contribution in [0.25, 0.3) is 0 Å². The Morgan fingerprint density at radius 1 is 0.939 bits per heavy atom. The predicted octanol–water partition coefficient (Wildman–Crippen LogP) is 4.06. The van der Waals surface area contributed by atoms with Gasteiger partial charge in [0.2, 0.25) is 0 Å². The first-order valence-electron chi connectivity index (χ1n) is 12.1. The molecule has 20 heteroatoms. The van der Waals surface area contributed by atoms with Crippen molar-refractivity contribution in [2.75, 3.05) is 29.3 Å². The number of amides is 4. The number of nitrogens with one attached hydrogen (secondary N) is 2. The van der Waals surface area contributed by atoms with Gasteiger partial charge in [0.15, 0.2) is 6.29 Å². The fourth-order valence-corrected chi connectivity index (χ4v) is 4.28. The van der Waals surface area contributed by atoms with Crippen LogP contribution in [-0.4, -0.2) is 55.8 Å². The molecule has 49 heavy (non-hydrogen) atoms. The summed E-state index contributed by atoms with van der Waals surface area (Å²) in [5, 5.41) is 5.25. The number of carbonyl (C=O) groups excluding carboxylic acids is 3. The van der Waals surface area contributed by atoms with Crippen molar-refractivity contribution in [3.05, 3.63) is 111 Å². The number of anilines is 3. The molecule has 2 radical (unpaired) electrons. The standard InChI is InChI=1S/C16H16N4O3.C13H9IN4O2.2U.2V.2W/c1-4-20(16(21)19-13-9-5-6-11-17-13)14-10-7-8-12(18-14)15(22-2)23-3;1-2-18(12-5-3-4-10(8-19)16-12)13(20)17-11-6-7-14-9-15-11;;;;;;/h4-7,9,11,15H,1H2,2-3H3,(H,17,19,21);2-3,6-9H,1H2,(H,15,17,20);;;;;;/q2*-4;;;2*+2;;. The Labute approximate surface area is 396 Å². The number of halogens is 1. The second-order valence-corrected chi connectivity index (χ2v) is 9.63. The van der Waals surface area contributed by atoms with Gasteiger partial charge >= 0.3 is 37.1 Å². The fraction of sp³-hybridized carbons (Fsp3) is 0.103. The second kappa shape index (κ2) is 31.7. The first kappa shape index (κ1) is 56.0. The number of rotatable bonds is 10. The molecule has 3 aromatic rings. The number of urea groups is 2. The molecule has 0 atom stereocenters. The van der Waals surface area contributed by atoms with E-state index in [4.69, 9.17) is 9.47 Å². The van der Waals surface area contributed by atoms with Crippen molar-refractivity contribution in [3.8, 4) is 0 Å². The van der Waals surface area contributed by atoms with Gasteiger partial charge in [0.05, 0.1) is 4.22 Å². The van der Waals surface area contributed by atoms with E-state index >= 15 is 0 Å². The smallest absolute Gasteiger partial charge is 0.492 e. The SMILES string of the molecule is [CH2-][CH-]N(C(=O)NC1=CC=IC=N1)c1[c-]c[c-]c(C=O)n1.[CH2-][CH-]N(C(=O)Nc1ccccn1)c1[c-]c[c-]c(C(OC)OC)n1.[U].[U].[V+2].[V+2].[W].[W]. The zero-order chi connectivity index (χ0) is 31.0. The third-order valence-electron chi connectivity index (χ3n) is 4.99. The van der Waals surface area contributed by atoms with E-state index in [1.165, 1.54) is 44.3 Å². The summed E-state index contributed by atoms with van der Waals surface area (Å²) < 4.78 is 14.0. The van der Waals surface area contributed by atoms with Crippen molar-refractivity contribution >= 4 is 64.8 Å². The summed E-state index contributed by atoms with van der Waals surface area (Å²) in [6, 6.07) is 18.1. The van der Waals surface area contributed by atoms with Crippen LogP contribution < -0.4 is 20.4 Å². The first-order chi connectivity index (χ1) is 20.9. The summed E-state index contributed by atoms with van der Waals surface area (Å²) in [6.45, 7) is 9.79. The molecular weight excluding hydrogens is 1610 g/mol. The van der Waals surface area contributed by atoms with E-state index in [1.54, 1.807) is 34.7 Å². The van der Waals surface area contributed by atoms with Crippen LogP contribution in [-0.2, 0) is 88.7 Å². The molecular formula is C29H25IN8O5U2V2W2-4. The first-order valence-corrected chi connectivity index (χ1v) is 14.6. The van der Waals surface area contributed by atoms with Gasteiger partial charge in [0, 0.05) is 125 Å². The molecule has 13 nitrogen and oxygen atoms in total. The molecule has 2 N–H and O–H groups in total. The molecule has 0 unspecified atom stereocenters. The number of ether oxygens (including phenoxy) is 2. The Balaban J connectivity index is -0.000000371. The second-order valence-electron chi connectivity index (χ2n) is 7.64. The molecule has 4 heterocycles. The minimum absolute atomic E-state index is 0. The average molecular weight is 1640 g/mol. The Hall–Kier alpha value is 0.239. The predicted molar refractivity (Wildman–Crippen MR) is 169 cm³/mol. The van der Waals surface area contributed by atoms with Gasteiger partial charge in [-0.25, -0.2) is 9.98 Å². The van der Waals surface area contributed by atoms with Gasteiger partial charge in [0.25, 0.3) is 12.1 Å². The molecule has 4 amide bonds. The minimum atomic E-state index is -0.686. The summed E-state index contributed by atoms with van der Waals surface area (Å²) in [5.74, 6) is 1.26. The van der Waals surface area contributed by atoms with Gasteiger partial charge in [-0.05, 0) is 22.2 Å². The van der Waals surface area contributed by atoms with Gasteiger partial charge in [0.1, 0.15) is 17.9 Å². The Bertz CT molecular complexity index is 1500. The number of pyridine rings is 3. The Morgan fingerprint density at radius 2 is 1.53 bits per heavy atom. The quantitative estimate of drug-likeness (QED) is 0.134. The van der Waals surface area contributed by atoms with E-state index in [-0.39, 0.29) is 180 Å². The summed E-state index contributed by atoms with van der Waals surface area (Å²) in [7, 11) is 2.97. The maximum atomic E-state index is 12.3. The zero-order valence-electron chi connectivity index (χ0n) is 25.7. The van der Waals surface area contributed by atoms with Crippen LogP contribution in [0.1, 0.15) is 22.5 Å². The number of carbonyl (C=O) groups is 3. The number of nitrogens with zero attached hydrogens (tertiary/aromatic N) is 6. The van der Waals surface area contributed by atoms with Crippen molar-refractivity contribution in [2.24, 2.45) is 4.99 Å². The van der Waals surface area contributed by atoms with E-state index in [0.29, 0.717) is 23.6 Å². The van der Waals surface area contributed by atoms with Crippen LogP contribution in [0.4, 0.5) is 27.0 Å². The topological polar surface area (TPSA) is 151 Å². The van der Waals surface area contributed by atoms with Crippen molar-refractivity contribution < 1.29 is 165 Å². The number of hydrogen-bond donors (Lipinski definition) is 2. The monoisotopic (exact) mass is 1640 g/mol. The van der Waals surface area contributed by atoms with Crippen LogP contribution in [0.2, 0.25) is 0 Å². The van der Waals surface area contributed by atoms with Gasteiger partial charge in [-0.1, -0.05) is 49.8 Å². The van der Waals surface area contributed by atoms with Crippen molar-refractivity contribution in [2.45, 2.75) is 6.29 Å². The van der Waals surface area contributed by atoms with Gasteiger partial charge in [-0.2, -0.15) is 0 Å². The van der Waals surface area contributed by atoms with E-state index < -0.39 is 18.4 Å². The summed E-state index contributed by atoms with van der Waals surface area (Å²) >= 11 is -0.149. The van der Waals surface area contributed by atoms with Crippen LogP contribution in [0.3, 0.4) is 0 Å². The molecule has 4 rings (SSSR count). The molecule has 0 aliphatic carbocycles. The Kier molecular flexibility index (Phi) is 36.3. The number of allylic oxidation sites excluding steroid dienone is 1. The number of methoxy groups -OCH3 is 2. The van der Waals surface area contributed by atoms with E-state index in [9.17, 15) is 14.4 Å². The Morgan fingerprint density at radius 3 is 2.04 bits per heavy atom. The normalized spacial score (nSPS) is 10.3. The minimum Gasteiger partial charge on any atom is -0.492 e. The molecule has 0 saturated heterocycles. The summed E-state index contributed by atoms with van der Waals surface area (Å²) in [6.07, 6.45) is 3.19. The molecule has 3 aromatic heterocycles. The molecule has 0 spiro atoms. The molecule has 0 saturated carbocycles. The van der Waals surface area contributed by atoms with Crippen molar-refractivity contribution in [1.29, 1.82) is 0 Å². The molecule has 252 valence electrons. The largest absolute Gasteiger partial charge is 2.00 e. The van der Waals surface area contributed by atoms with Gasteiger partial charge < -0.3 is 92.6 Å². The maximum absolute atomic E-state index is 12.3. The van der Waals surface area contributed by atoms with Gasteiger partial charge in [-0.3, -0.25) is 25.0 Å². The van der Waals surface area contributed by atoms with Crippen LogP contribution in [0.5, 0.6) is 0 Å².